The van der Waals surface area contributed by atoms with E-state index in [-0.39, 0.29) is 17.8 Å². The predicted octanol–water partition coefficient (Wildman–Crippen LogP) is 3.56. The molecule has 2 aliphatic heterocycles. The van der Waals surface area contributed by atoms with Crippen molar-refractivity contribution in [3.63, 3.8) is 0 Å². The molecule has 0 aliphatic carbocycles. The summed E-state index contributed by atoms with van der Waals surface area (Å²) in [5.74, 6) is -1.72. The van der Waals surface area contributed by atoms with Crippen molar-refractivity contribution in [3.8, 4) is 0 Å². The van der Waals surface area contributed by atoms with Crippen molar-refractivity contribution in [3.05, 3.63) is 81.6 Å². The second-order valence-electron chi connectivity index (χ2n) is 6.72. The van der Waals surface area contributed by atoms with Crippen molar-refractivity contribution in [1.29, 1.82) is 0 Å². The Kier molecular flexibility index (Phi) is 4.40. The van der Waals surface area contributed by atoms with Crippen LogP contribution < -0.4 is 5.32 Å². The lowest BCUT2D eigenvalue weighted by Crippen LogP contribution is -2.48. The highest BCUT2D eigenvalue weighted by Gasteiger charge is 2.48. The maximum atomic E-state index is 13.8. The highest BCUT2D eigenvalue weighted by atomic mass is 35.5. The third-order valence-electron chi connectivity index (χ3n) is 5.04. The van der Waals surface area contributed by atoms with E-state index in [0.29, 0.717) is 35.1 Å². The summed E-state index contributed by atoms with van der Waals surface area (Å²) in [5, 5.41) is 15.1. The molecule has 27 heavy (non-hydrogen) atoms. The van der Waals surface area contributed by atoms with Crippen LogP contribution in [0.4, 0.5) is 8.78 Å². The van der Waals surface area contributed by atoms with E-state index < -0.39 is 17.4 Å². The first-order valence-corrected chi connectivity index (χ1v) is 9.01. The summed E-state index contributed by atoms with van der Waals surface area (Å²) >= 11 is 5.89. The van der Waals surface area contributed by atoms with E-state index in [1.165, 1.54) is 6.07 Å². The summed E-state index contributed by atoms with van der Waals surface area (Å²) in [5.41, 5.74) is -0.552. The standard InChI is InChI=1S/C20H17ClF2N2O2/c21-14-5-2-12(3-6-14)18(26)15-11-20(27,25-9-1-8-24-19(15)25)13-4-7-16(22)17(23)10-13/h2-7,10,24,27H,1,8-9,11H2. The lowest BCUT2D eigenvalue weighted by Gasteiger charge is -2.40. The summed E-state index contributed by atoms with van der Waals surface area (Å²) in [6, 6.07) is 9.82. The summed E-state index contributed by atoms with van der Waals surface area (Å²) in [4.78, 5) is 14.7. The molecule has 7 heteroatoms. The number of ketones is 1. The third-order valence-corrected chi connectivity index (χ3v) is 5.29. The molecular formula is C20H17ClF2N2O2. The van der Waals surface area contributed by atoms with E-state index in [1.54, 1.807) is 29.2 Å². The summed E-state index contributed by atoms with van der Waals surface area (Å²) in [7, 11) is 0. The molecule has 2 aromatic carbocycles. The van der Waals surface area contributed by atoms with Crippen LogP contribution in [0.1, 0.15) is 28.8 Å². The Bertz CT molecular complexity index is 945. The Labute approximate surface area is 160 Å². The summed E-state index contributed by atoms with van der Waals surface area (Å²) < 4.78 is 27.1. The van der Waals surface area contributed by atoms with Crippen molar-refractivity contribution in [2.75, 3.05) is 13.1 Å². The first-order valence-electron chi connectivity index (χ1n) is 8.63. The van der Waals surface area contributed by atoms with Gasteiger partial charge in [0, 0.05) is 41.2 Å². The van der Waals surface area contributed by atoms with E-state index in [2.05, 4.69) is 5.32 Å². The highest BCUT2D eigenvalue weighted by molar-refractivity contribution is 6.30. The monoisotopic (exact) mass is 390 g/mol. The minimum absolute atomic E-state index is 0.0259. The van der Waals surface area contributed by atoms with Gasteiger partial charge in [-0.05, 0) is 42.8 Å². The molecule has 2 heterocycles. The van der Waals surface area contributed by atoms with Crippen molar-refractivity contribution in [2.45, 2.75) is 18.6 Å². The topological polar surface area (TPSA) is 52.6 Å². The predicted molar refractivity (Wildman–Crippen MR) is 97.0 cm³/mol. The van der Waals surface area contributed by atoms with Crippen LogP contribution in [0, 0.1) is 11.6 Å². The molecule has 1 atom stereocenters. The van der Waals surface area contributed by atoms with Gasteiger partial charge in [0.05, 0.1) is 0 Å². The zero-order valence-electron chi connectivity index (χ0n) is 14.3. The van der Waals surface area contributed by atoms with Gasteiger partial charge in [0.15, 0.2) is 23.1 Å². The average molecular weight is 391 g/mol. The minimum atomic E-state index is -1.62. The van der Waals surface area contributed by atoms with Gasteiger partial charge >= 0.3 is 0 Å². The molecule has 2 aromatic rings. The average Bonchev–Trinajstić information content (AvgIpc) is 2.98. The fraction of sp³-hybridized carbons (Fsp3) is 0.250. The Morgan fingerprint density at radius 3 is 2.59 bits per heavy atom. The Morgan fingerprint density at radius 1 is 1.15 bits per heavy atom. The van der Waals surface area contributed by atoms with Crippen LogP contribution in [0.2, 0.25) is 5.02 Å². The maximum Gasteiger partial charge on any atom is 0.192 e. The Hall–Kier alpha value is -2.44. The van der Waals surface area contributed by atoms with Gasteiger partial charge in [-0.1, -0.05) is 17.7 Å². The number of hydrogen-bond donors (Lipinski definition) is 2. The maximum absolute atomic E-state index is 13.8. The minimum Gasteiger partial charge on any atom is -0.371 e. The molecule has 4 nitrogen and oxygen atoms in total. The largest absolute Gasteiger partial charge is 0.371 e. The number of rotatable bonds is 3. The molecule has 2 aliphatic rings. The number of Topliss-reactive ketones (excluding diaryl/α,β-unsaturated/α-hetero) is 1. The van der Waals surface area contributed by atoms with E-state index in [9.17, 15) is 18.7 Å². The first-order chi connectivity index (χ1) is 12.9. The Morgan fingerprint density at radius 2 is 1.89 bits per heavy atom. The number of hydrogen-bond acceptors (Lipinski definition) is 4. The van der Waals surface area contributed by atoms with Gasteiger partial charge in [-0.3, -0.25) is 4.79 Å². The van der Waals surface area contributed by atoms with E-state index in [0.717, 1.165) is 18.6 Å². The van der Waals surface area contributed by atoms with Crippen LogP contribution in [-0.4, -0.2) is 28.9 Å². The number of carbonyl (C=O) groups is 1. The van der Waals surface area contributed by atoms with Gasteiger partial charge < -0.3 is 15.3 Å². The molecule has 0 bridgehead atoms. The molecule has 140 valence electrons. The molecule has 1 fully saturated rings. The van der Waals surface area contributed by atoms with Crippen molar-refractivity contribution >= 4 is 17.4 Å². The lowest BCUT2D eigenvalue weighted by molar-refractivity contribution is -0.0897. The third kappa shape index (κ3) is 2.99. The van der Waals surface area contributed by atoms with Crippen LogP contribution in [0.5, 0.6) is 0 Å². The number of benzene rings is 2. The molecule has 1 unspecified atom stereocenters. The number of aliphatic hydroxyl groups is 1. The molecule has 0 spiro atoms. The molecule has 0 amide bonds. The van der Waals surface area contributed by atoms with Gasteiger partial charge in [0.1, 0.15) is 5.82 Å². The van der Waals surface area contributed by atoms with Crippen LogP contribution in [0.25, 0.3) is 0 Å². The molecule has 0 aromatic heterocycles. The van der Waals surface area contributed by atoms with Crippen LogP contribution in [0.15, 0.2) is 53.9 Å². The van der Waals surface area contributed by atoms with Crippen LogP contribution in [0.3, 0.4) is 0 Å². The number of carbonyl (C=O) groups excluding carboxylic acids is 1. The zero-order chi connectivity index (χ0) is 19.2. The SMILES string of the molecule is O=C(C1=C2NCCCN2C(O)(c2ccc(F)c(F)c2)C1)c1ccc(Cl)cc1. The van der Waals surface area contributed by atoms with Crippen molar-refractivity contribution < 1.29 is 18.7 Å². The number of fused-ring (bicyclic) bond motifs is 1. The van der Waals surface area contributed by atoms with E-state index in [4.69, 9.17) is 11.6 Å². The van der Waals surface area contributed by atoms with Gasteiger partial charge in [0.2, 0.25) is 0 Å². The fourth-order valence-corrected chi connectivity index (χ4v) is 3.81. The smallest absolute Gasteiger partial charge is 0.192 e. The summed E-state index contributed by atoms with van der Waals surface area (Å²) in [6.07, 6.45) is 0.722. The molecular weight excluding hydrogens is 374 g/mol. The second kappa shape index (κ2) is 6.62. The van der Waals surface area contributed by atoms with Crippen LogP contribution in [-0.2, 0) is 5.72 Å². The number of halogens is 3. The molecule has 2 N–H and O–H groups in total. The second-order valence-corrected chi connectivity index (χ2v) is 7.15. The number of nitrogens with zero attached hydrogens (tertiary/aromatic N) is 1. The molecule has 1 saturated heterocycles. The van der Waals surface area contributed by atoms with E-state index in [1.807, 2.05) is 0 Å². The van der Waals surface area contributed by atoms with Crippen molar-refractivity contribution in [2.24, 2.45) is 0 Å². The van der Waals surface area contributed by atoms with Crippen LogP contribution >= 0.6 is 11.6 Å². The molecule has 4 rings (SSSR count). The molecule has 0 saturated carbocycles. The zero-order valence-corrected chi connectivity index (χ0v) is 15.1. The highest BCUT2D eigenvalue weighted by Crippen LogP contribution is 2.44. The van der Waals surface area contributed by atoms with Gasteiger partial charge in [-0.2, -0.15) is 0 Å². The normalized spacial score (nSPS) is 21.9. The van der Waals surface area contributed by atoms with Gasteiger partial charge in [0.25, 0.3) is 0 Å². The first kappa shape index (κ1) is 17.9. The van der Waals surface area contributed by atoms with E-state index >= 15 is 0 Å². The quantitative estimate of drug-likeness (QED) is 0.787. The molecule has 0 radical (unpaired) electrons. The Balaban J connectivity index is 1.75. The summed E-state index contributed by atoms with van der Waals surface area (Å²) in [6.45, 7) is 1.16. The van der Waals surface area contributed by atoms with Gasteiger partial charge in [-0.15, -0.1) is 0 Å². The van der Waals surface area contributed by atoms with Crippen molar-refractivity contribution in [1.82, 2.24) is 10.2 Å². The van der Waals surface area contributed by atoms with Gasteiger partial charge in [-0.25, -0.2) is 8.78 Å². The number of nitrogens with one attached hydrogen (secondary N) is 1. The lowest BCUT2D eigenvalue weighted by atomic mass is 9.93. The fourth-order valence-electron chi connectivity index (χ4n) is 3.68.